The number of benzene rings is 2. The lowest BCUT2D eigenvalue weighted by molar-refractivity contribution is -0.139. The summed E-state index contributed by atoms with van der Waals surface area (Å²) in [5.41, 5.74) is 1.19. The zero-order chi connectivity index (χ0) is 26.8. The van der Waals surface area contributed by atoms with E-state index >= 15 is 0 Å². The van der Waals surface area contributed by atoms with E-state index in [4.69, 9.17) is 0 Å². The zero-order valence-corrected chi connectivity index (χ0v) is 20.6. The minimum absolute atomic E-state index is 0.0705. The van der Waals surface area contributed by atoms with Gasteiger partial charge in [0, 0.05) is 18.3 Å². The van der Waals surface area contributed by atoms with Gasteiger partial charge < -0.3 is 15.4 Å². The van der Waals surface area contributed by atoms with Crippen LogP contribution in [0.4, 0.5) is 0 Å². The Morgan fingerprint density at radius 1 is 0.811 bits per heavy atom. The van der Waals surface area contributed by atoms with Gasteiger partial charge in [-0.1, -0.05) is 30.3 Å². The first-order chi connectivity index (χ1) is 17.7. The fourth-order valence-electron chi connectivity index (χ4n) is 3.06. The number of ether oxygens (including phenoxy) is 1. The molecule has 0 atom stereocenters. The van der Waals surface area contributed by atoms with Crippen molar-refractivity contribution in [1.29, 1.82) is 0 Å². The molecule has 0 saturated carbocycles. The molecule has 3 rings (SSSR count). The van der Waals surface area contributed by atoms with Crippen LogP contribution in [0.1, 0.15) is 36.8 Å². The Labute approximate surface area is 213 Å². The maximum absolute atomic E-state index is 12.6. The van der Waals surface area contributed by atoms with Gasteiger partial charge in [-0.15, -0.1) is 0 Å². The number of aromatic nitrogens is 1. The Hall–Kier alpha value is -4.58. The average molecular weight is 525 g/mol. The zero-order valence-electron chi connectivity index (χ0n) is 19.8. The fraction of sp³-hybridized carbons (Fsp3) is 0.160. The number of carbonyl (C=O) groups excluding carboxylic acids is 4. The number of pyridine rings is 1. The summed E-state index contributed by atoms with van der Waals surface area (Å²) in [4.78, 5) is 51.3. The number of hydrogen-bond donors (Lipinski definition) is 3. The van der Waals surface area contributed by atoms with Gasteiger partial charge in [-0.25, -0.2) is 13.1 Å². The third-order valence-electron chi connectivity index (χ3n) is 5.08. The molecule has 1 heterocycles. The molecule has 3 aromatic rings. The molecule has 3 amide bonds. The molecule has 0 unspecified atom stereocenters. The van der Waals surface area contributed by atoms with E-state index in [1.165, 1.54) is 31.4 Å². The van der Waals surface area contributed by atoms with E-state index in [0.29, 0.717) is 18.5 Å². The minimum Gasteiger partial charge on any atom is -0.468 e. The Kier molecular flexibility index (Phi) is 9.05. The SMILES string of the molecule is COC(=O)CNC(=O)c1ccc(C(=O)NS(=O)(=O)c2ccc(CCNC(=O)c3ccccc3)cc2)cn1. The summed E-state index contributed by atoms with van der Waals surface area (Å²) in [7, 11) is -2.99. The molecule has 2 aromatic carbocycles. The van der Waals surface area contributed by atoms with Crippen molar-refractivity contribution in [2.24, 2.45) is 0 Å². The van der Waals surface area contributed by atoms with Crippen molar-refractivity contribution in [1.82, 2.24) is 20.3 Å². The van der Waals surface area contributed by atoms with Crippen LogP contribution < -0.4 is 15.4 Å². The number of nitrogens with zero attached hydrogens (tertiary/aromatic N) is 1. The summed E-state index contributed by atoms with van der Waals surface area (Å²) in [6.07, 6.45) is 1.53. The molecule has 11 nitrogen and oxygen atoms in total. The first kappa shape index (κ1) is 27.0. The van der Waals surface area contributed by atoms with Crippen molar-refractivity contribution in [2.75, 3.05) is 20.2 Å². The van der Waals surface area contributed by atoms with Crippen LogP contribution >= 0.6 is 0 Å². The van der Waals surface area contributed by atoms with Gasteiger partial charge in [-0.3, -0.25) is 24.2 Å². The van der Waals surface area contributed by atoms with Gasteiger partial charge in [0.05, 0.1) is 17.6 Å². The third-order valence-corrected chi connectivity index (χ3v) is 6.42. The van der Waals surface area contributed by atoms with Crippen LogP contribution in [0.5, 0.6) is 0 Å². The van der Waals surface area contributed by atoms with Gasteiger partial charge in [0.2, 0.25) is 0 Å². The van der Waals surface area contributed by atoms with Crippen molar-refractivity contribution < 1.29 is 32.3 Å². The lowest BCUT2D eigenvalue weighted by Crippen LogP contribution is -2.32. The second-order valence-corrected chi connectivity index (χ2v) is 9.32. The smallest absolute Gasteiger partial charge is 0.325 e. The van der Waals surface area contributed by atoms with E-state index in [2.05, 4.69) is 20.4 Å². The summed E-state index contributed by atoms with van der Waals surface area (Å²) in [5.74, 6) is -2.43. The average Bonchev–Trinajstić information content (AvgIpc) is 2.92. The number of rotatable bonds is 10. The normalized spacial score (nSPS) is 10.7. The van der Waals surface area contributed by atoms with Gasteiger partial charge in [-0.05, 0) is 48.4 Å². The quantitative estimate of drug-likeness (QED) is 0.332. The van der Waals surface area contributed by atoms with Crippen molar-refractivity contribution in [3.63, 3.8) is 0 Å². The van der Waals surface area contributed by atoms with Crippen LogP contribution in [0, 0.1) is 0 Å². The van der Waals surface area contributed by atoms with Crippen LogP contribution in [-0.4, -0.2) is 57.3 Å². The number of carbonyl (C=O) groups is 4. The standard InChI is InChI=1S/C25H24N4O7S/c1-36-22(30)16-28-25(33)21-12-9-19(15-27-21)24(32)29-37(34,35)20-10-7-17(8-11-20)13-14-26-23(31)18-5-3-2-4-6-18/h2-12,15H,13-14,16H2,1H3,(H,26,31)(H,28,33)(H,29,32). The molecule has 0 aliphatic carbocycles. The lowest BCUT2D eigenvalue weighted by atomic mass is 10.1. The van der Waals surface area contributed by atoms with Gasteiger partial charge >= 0.3 is 5.97 Å². The number of nitrogens with one attached hydrogen (secondary N) is 3. The predicted octanol–water partition coefficient (Wildman–Crippen LogP) is 1.08. The highest BCUT2D eigenvalue weighted by molar-refractivity contribution is 7.90. The van der Waals surface area contributed by atoms with Crippen LogP contribution in [0.2, 0.25) is 0 Å². The summed E-state index contributed by atoms with van der Waals surface area (Å²) in [5, 5.41) is 5.09. The number of esters is 1. The largest absolute Gasteiger partial charge is 0.468 e. The molecule has 0 saturated heterocycles. The Morgan fingerprint density at radius 2 is 1.51 bits per heavy atom. The second-order valence-electron chi connectivity index (χ2n) is 7.64. The molecule has 192 valence electrons. The highest BCUT2D eigenvalue weighted by Crippen LogP contribution is 2.12. The van der Waals surface area contributed by atoms with Gasteiger partial charge in [0.15, 0.2) is 0 Å². The van der Waals surface area contributed by atoms with Crippen LogP contribution in [0.3, 0.4) is 0 Å². The third kappa shape index (κ3) is 7.70. The molecule has 3 N–H and O–H groups in total. The molecule has 1 aromatic heterocycles. The second kappa shape index (κ2) is 12.4. The molecule has 0 fully saturated rings. The topological polar surface area (TPSA) is 161 Å². The molecule has 37 heavy (non-hydrogen) atoms. The van der Waals surface area contributed by atoms with Crippen LogP contribution in [0.25, 0.3) is 0 Å². The summed E-state index contributed by atoms with van der Waals surface area (Å²) in [6, 6.07) is 17.1. The number of hydrogen-bond acceptors (Lipinski definition) is 8. The molecule has 0 aliphatic heterocycles. The van der Waals surface area contributed by atoms with Crippen molar-refractivity contribution in [3.8, 4) is 0 Å². The lowest BCUT2D eigenvalue weighted by Gasteiger charge is -2.09. The van der Waals surface area contributed by atoms with E-state index in [1.54, 1.807) is 36.4 Å². The summed E-state index contributed by atoms with van der Waals surface area (Å²) >= 11 is 0. The highest BCUT2D eigenvalue weighted by Gasteiger charge is 2.19. The number of amides is 3. The maximum atomic E-state index is 12.6. The predicted molar refractivity (Wildman–Crippen MR) is 132 cm³/mol. The van der Waals surface area contributed by atoms with E-state index in [-0.39, 0.29) is 28.6 Å². The van der Waals surface area contributed by atoms with Crippen molar-refractivity contribution in [2.45, 2.75) is 11.3 Å². The van der Waals surface area contributed by atoms with Crippen molar-refractivity contribution in [3.05, 3.63) is 95.3 Å². The first-order valence-electron chi connectivity index (χ1n) is 11.0. The van der Waals surface area contributed by atoms with E-state index in [0.717, 1.165) is 11.8 Å². The number of sulfonamides is 1. The van der Waals surface area contributed by atoms with Crippen molar-refractivity contribution >= 4 is 33.7 Å². The summed E-state index contributed by atoms with van der Waals surface area (Å²) < 4.78 is 31.6. The molecular weight excluding hydrogens is 500 g/mol. The molecule has 0 spiro atoms. The van der Waals surface area contributed by atoms with E-state index < -0.39 is 27.8 Å². The fourth-order valence-corrected chi connectivity index (χ4v) is 4.04. The number of methoxy groups -OCH3 is 1. The molecule has 0 bridgehead atoms. The van der Waals surface area contributed by atoms with Gasteiger partial charge in [0.25, 0.3) is 27.7 Å². The van der Waals surface area contributed by atoms with Crippen LogP contribution in [-0.2, 0) is 26.0 Å². The first-order valence-corrected chi connectivity index (χ1v) is 12.5. The Morgan fingerprint density at radius 3 is 2.14 bits per heavy atom. The van der Waals surface area contributed by atoms with Crippen LogP contribution in [0.15, 0.2) is 77.8 Å². The molecule has 0 aliphatic rings. The Balaban J connectivity index is 1.54. The minimum atomic E-state index is -4.17. The molecule has 12 heteroatoms. The molecular formula is C25H24N4O7S. The highest BCUT2D eigenvalue weighted by atomic mass is 32.2. The monoisotopic (exact) mass is 524 g/mol. The molecule has 0 radical (unpaired) electrons. The van der Waals surface area contributed by atoms with E-state index in [1.807, 2.05) is 10.8 Å². The van der Waals surface area contributed by atoms with E-state index in [9.17, 15) is 27.6 Å². The Bertz CT molecular complexity index is 1370. The van der Waals surface area contributed by atoms with Gasteiger partial charge in [0.1, 0.15) is 12.2 Å². The van der Waals surface area contributed by atoms with Gasteiger partial charge in [-0.2, -0.15) is 0 Å². The maximum Gasteiger partial charge on any atom is 0.325 e. The summed E-state index contributed by atoms with van der Waals surface area (Å²) in [6.45, 7) is 0.0128.